The Morgan fingerprint density at radius 3 is 2.36 bits per heavy atom. The monoisotopic (exact) mass is 386 g/mol. The van der Waals surface area contributed by atoms with Crippen LogP contribution in [0.5, 0.6) is 5.75 Å². The van der Waals surface area contributed by atoms with Gasteiger partial charge in [-0.05, 0) is 44.7 Å². The molecule has 2 amide bonds. The lowest BCUT2D eigenvalue weighted by atomic mass is 9.88. The number of rotatable bonds is 6. The average molecular weight is 387 g/mol. The number of amides is 2. The molecule has 0 spiro atoms. The lowest BCUT2D eigenvalue weighted by Gasteiger charge is -2.28. The summed E-state index contributed by atoms with van der Waals surface area (Å²) in [5.74, 6) is 1.57. The van der Waals surface area contributed by atoms with Gasteiger partial charge >= 0.3 is 0 Å². The number of nitrogens with zero attached hydrogens (tertiary/aromatic N) is 2. The van der Waals surface area contributed by atoms with Crippen LogP contribution >= 0.6 is 0 Å². The van der Waals surface area contributed by atoms with Crippen molar-refractivity contribution in [3.8, 4) is 5.75 Å². The molecule has 28 heavy (non-hydrogen) atoms. The second-order valence-electron chi connectivity index (χ2n) is 8.16. The Balaban J connectivity index is 1.37. The number of hydrogen-bond donors (Lipinski definition) is 0. The molecule has 1 aliphatic heterocycles. The van der Waals surface area contributed by atoms with Gasteiger partial charge in [0.25, 0.3) is 0 Å². The zero-order chi connectivity index (χ0) is 19.8. The third-order valence-electron chi connectivity index (χ3n) is 5.94. The van der Waals surface area contributed by atoms with Crippen LogP contribution < -0.4 is 4.74 Å². The van der Waals surface area contributed by atoms with Crippen molar-refractivity contribution in [2.45, 2.75) is 58.3 Å². The number of ether oxygens (including phenoxy) is 1. The minimum absolute atomic E-state index is 0.180. The van der Waals surface area contributed by atoms with Gasteiger partial charge < -0.3 is 14.5 Å². The summed E-state index contributed by atoms with van der Waals surface area (Å²) in [4.78, 5) is 29.2. The second-order valence-corrected chi connectivity index (χ2v) is 8.16. The van der Waals surface area contributed by atoms with E-state index in [2.05, 4.69) is 0 Å². The molecule has 0 radical (unpaired) electrons. The van der Waals surface area contributed by atoms with Crippen LogP contribution in [0.2, 0.25) is 0 Å². The van der Waals surface area contributed by atoms with E-state index in [1.807, 2.05) is 41.0 Å². The first-order chi connectivity index (χ1) is 13.6. The summed E-state index contributed by atoms with van der Waals surface area (Å²) in [5, 5.41) is 0. The van der Waals surface area contributed by atoms with E-state index in [0.717, 1.165) is 38.1 Å². The Morgan fingerprint density at radius 1 is 0.929 bits per heavy atom. The molecular formula is C23H34N2O3. The Morgan fingerprint density at radius 2 is 1.61 bits per heavy atom. The van der Waals surface area contributed by atoms with Gasteiger partial charge in [-0.1, -0.05) is 37.0 Å². The predicted octanol–water partition coefficient (Wildman–Crippen LogP) is 3.80. The zero-order valence-electron chi connectivity index (χ0n) is 17.2. The van der Waals surface area contributed by atoms with Gasteiger partial charge in [-0.25, -0.2) is 0 Å². The molecule has 1 aliphatic carbocycles. The highest BCUT2D eigenvalue weighted by atomic mass is 16.5. The standard InChI is InChI=1S/C23H34N2O3/c1-19-10-12-21(13-11-19)28-18-5-9-22(26)24-14-6-15-25(17-16-24)23(27)20-7-3-2-4-8-20/h10-13,20H,2-9,14-18H2,1H3. The van der Waals surface area contributed by atoms with Gasteiger partial charge in [-0.2, -0.15) is 0 Å². The van der Waals surface area contributed by atoms with E-state index in [4.69, 9.17) is 4.74 Å². The summed E-state index contributed by atoms with van der Waals surface area (Å²) >= 11 is 0. The molecule has 2 aliphatic rings. The maximum absolute atomic E-state index is 12.8. The predicted molar refractivity (Wildman–Crippen MR) is 110 cm³/mol. The SMILES string of the molecule is Cc1ccc(OCCCC(=O)N2CCCN(C(=O)C3CCCCC3)CC2)cc1. The zero-order valence-corrected chi connectivity index (χ0v) is 17.2. The normalized spacial score (nSPS) is 18.6. The molecule has 3 rings (SSSR count). The average Bonchev–Trinajstić information content (AvgIpc) is 2.99. The number of carbonyl (C=O) groups excluding carboxylic acids is 2. The molecule has 0 N–H and O–H groups in total. The Bertz CT molecular complexity index is 638. The molecule has 0 unspecified atom stereocenters. The largest absolute Gasteiger partial charge is 0.494 e. The number of benzene rings is 1. The number of hydrogen-bond acceptors (Lipinski definition) is 3. The van der Waals surface area contributed by atoms with Crippen molar-refractivity contribution >= 4 is 11.8 Å². The lowest BCUT2D eigenvalue weighted by molar-refractivity contribution is -0.137. The maximum Gasteiger partial charge on any atom is 0.225 e. The Hall–Kier alpha value is -2.04. The van der Waals surface area contributed by atoms with Crippen molar-refractivity contribution in [3.05, 3.63) is 29.8 Å². The van der Waals surface area contributed by atoms with E-state index < -0.39 is 0 Å². The fraction of sp³-hybridized carbons (Fsp3) is 0.652. The summed E-state index contributed by atoms with van der Waals surface area (Å²) in [6, 6.07) is 7.98. The molecule has 0 bridgehead atoms. The van der Waals surface area contributed by atoms with E-state index in [1.54, 1.807) is 0 Å². The molecule has 1 aromatic carbocycles. The van der Waals surface area contributed by atoms with E-state index >= 15 is 0 Å². The third kappa shape index (κ3) is 5.98. The molecular weight excluding hydrogens is 352 g/mol. The van der Waals surface area contributed by atoms with Gasteiger partial charge in [0.1, 0.15) is 5.75 Å². The van der Waals surface area contributed by atoms with E-state index in [1.165, 1.54) is 24.8 Å². The fourth-order valence-corrected chi connectivity index (χ4v) is 4.20. The van der Waals surface area contributed by atoms with E-state index in [0.29, 0.717) is 38.4 Å². The van der Waals surface area contributed by atoms with E-state index in [9.17, 15) is 9.59 Å². The lowest BCUT2D eigenvalue weighted by Crippen LogP contribution is -2.40. The topological polar surface area (TPSA) is 49.9 Å². The smallest absolute Gasteiger partial charge is 0.225 e. The highest BCUT2D eigenvalue weighted by Gasteiger charge is 2.28. The van der Waals surface area contributed by atoms with Gasteiger partial charge in [-0.15, -0.1) is 0 Å². The first-order valence-electron chi connectivity index (χ1n) is 10.9. The van der Waals surface area contributed by atoms with Gasteiger partial charge in [0, 0.05) is 38.5 Å². The van der Waals surface area contributed by atoms with Crippen LogP contribution in [0, 0.1) is 12.8 Å². The van der Waals surface area contributed by atoms with Gasteiger partial charge in [0.2, 0.25) is 11.8 Å². The van der Waals surface area contributed by atoms with Crippen LogP contribution in [0.4, 0.5) is 0 Å². The molecule has 1 heterocycles. The number of carbonyl (C=O) groups is 2. The Kier molecular flexibility index (Phi) is 7.75. The molecule has 0 atom stereocenters. The van der Waals surface area contributed by atoms with Crippen LogP contribution in [0.15, 0.2) is 24.3 Å². The molecule has 5 heteroatoms. The van der Waals surface area contributed by atoms with Crippen LogP contribution in [-0.4, -0.2) is 54.4 Å². The fourth-order valence-electron chi connectivity index (χ4n) is 4.20. The van der Waals surface area contributed by atoms with Crippen molar-refractivity contribution in [2.24, 2.45) is 5.92 Å². The summed E-state index contributed by atoms with van der Waals surface area (Å²) in [5.41, 5.74) is 1.21. The van der Waals surface area contributed by atoms with Gasteiger partial charge in [0.15, 0.2) is 0 Å². The second kappa shape index (κ2) is 10.5. The van der Waals surface area contributed by atoms with Crippen molar-refractivity contribution in [3.63, 3.8) is 0 Å². The maximum atomic E-state index is 12.8. The molecule has 2 fully saturated rings. The molecule has 1 saturated carbocycles. The van der Waals surface area contributed by atoms with Crippen molar-refractivity contribution in [2.75, 3.05) is 32.8 Å². The van der Waals surface area contributed by atoms with Crippen molar-refractivity contribution in [1.82, 2.24) is 9.80 Å². The summed E-state index contributed by atoms with van der Waals surface area (Å²) in [6.45, 7) is 5.49. The van der Waals surface area contributed by atoms with Crippen LogP contribution in [0.3, 0.4) is 0 Å². The molecule has 1 aromatic rings. The molecule has 154 valence electrons. The minimum Gasteiger partial charge on any atom is -0.494 e. The van der Waals surface area contributed by atoms with Gasteiger partial charge in [0.05, 0.1) is 6.61 Å². The van der Waals surface area contributed by atoms with Crippen LogP contribution in [-0.2, 0) is 9.59 Å². The minimum atomic E-state index is 0.180. The van der Waals surface area contributed by atoms with Crippen molar-refractivity contribution in [1.29, 1.82) is 0 Å². The first-order valence-corrected chi connectivity index (χ1v) is 10.9. The number of aryl methyl sites for hydroxylation is 1. The van der Waals surface area contributed by atoms with Gasteiger partial charge in [-0.3, -0.25) is 9.59 Å². The highest BCUT2D eigenvalue weighted by Crippen LogP contribution is 2.26. The first kappa shape index (κ1) is 20.7. The summed E-state index contributed by atoms with van der Waals surface area (Å²) in [6.07, 6.45) is 7.80. The summed E-state index contributed by atoms with van der Waals surface area (Å²) in [7, 11) is 0. The Labute approximate surface area is 169 Å². The highest BCUT2D eigenvalue weighted by molar-refractivity contribution is 5.79. The van der Waals surface area contributed by atoms with E-state index in [-0.39, 0.29) is 11.8 Å². The molecule has 1 saturated heterocycles. The quantitative estimate of drug-likeness (QED) is 0.699. The summed E-state index contributed by atoms with van der Waals surface area (Å²) < 4.78 is 5.72. The third-order valence-corrected chi connectivity index (χ3v) is 5.94. The van der Waals surface area contributed by atoms with Crippen LogP contribution in [0.25, 0.3) is 0 Å². The molecule has 0 aromatic heterocycles. The molecule has 5 nitrogen and oxygen atoms in total. The van der Waals surface area contributed by atoms with Crippen LogP contribution in [0.1, 0.15) is 56.9 Å². The van der Waals surface area contributed by atoms with Crippen molar-refractivity contribution < 1.29 is 14.3 Å².